The number of pyridine rings is 1. The lowest BCUT2D eigenvalue weighted by Crippen LogP contribution is -2.45. The number of alkyl halides is 1. The van der Waals surface area contributed by atoms with Gasteiger partial charge in [0.05, 0.1) is 27.1 Å². The summed E-state index contributed by atoms with van der Waals surface area (Å²) in [5.74, 6) is 0. The van der Waals surface area contributed by atoms with E-state index in [0.29, 0.717) is 5.02 Å². The van der Waals surface area contributed by atoms with Gasteiger partial charge in [-0.15, -0.1) is 0 Å². The van der Waals surface area contributed by atoms with Crippen LogP contribution in [-0.2, 0) is 0 Å². The average molecular weight is 351 g/mol. The summed E-state index contributed by atoms with van der Waals surface area (Å²) < 4.78 is 0. The SMILES string of the molecule is CC(Br)C1N=c2cccc(Cl)c2=CN1c1cccnc1. The van der Waals surface area contributed by atoms with Crippen LogP contribution in [0.2, 0.25) is 5.02 Å². The zero-order valence-electron chi connectivity index (χ0n) is 10.9. The first-order valence-corrected chi connectivity index (χ1v) is 7.63. The van der Waals surface area contributed by atoms with Gasteiger partial charge in [0.2, 0.25) is 0 Å². The molecule has 102 valence electrons. The van der Waals surface area contributed by atoms with E-state index < -0.39 is 0 Å². The summed E-state index contributed by atoms with van der Waals surface area (Å²) in [5, 5.41) is 2.58. The Morgan fingerprint density at radius 2 is 2.15 bits per heavy atom. The first-order chi connectivity index (χ1) is 9.66. The summed E-state index contributed by atoms with van der Waals surface area (Å²) in [5.41, 5.74) is 0.998. The highest BCUT2D eigenvalue weighted by molar-refractivity contribution is 9.09. The highest BCUT2D eigenvalue weighted by Gasteiger charge is 2.23. The second-order valence-corrected chi connectivity index (χ2v) is 6.49. The smallest absolute Gasteiger partial charge is 0.138 e. The number of hydrogen-bond donors (Lipinski definition) is 0. The monoisotopic (exact) mass is 349 g/mol. The summed E-state index contributed by atoms with van der Waals surface area (Å²) in [6.07, 6.45) is 5.61. The second-order valence-electron chi connectivity index (χ2n) is 4.64. The third kappa shape index (κ3) is 2.45. The Balaban J connectivity index is 2.21. The predicted molar refractivity (Wildman–Crippen MR) is 85.6 cm³/mol. The van der Waals surface area contributed by atoms with Gasteiger partial charge in [-0.25, -0.2) is 0 Å². The van der Waals surface area contributed by atoms with E-state index in [1.807, 2.05) is 42.7 Å². The van der Waals surface area contributed by atoms with Gasteiger partial charge in [0.15, 0.2) is 0 Å². The number of nitrogens with zero attached hydrogens (tertiary/aromatic N) is 3. The van der Waals surface area contributed by atoms with Crippen LogP contribution >= 0.6 is 27.5 Å². The summed E-state index contributed by atoms with van der Waals surface area (Å²) >= 11 is 9.91. The van der Waals surface area contributed by atoms with Gasteiger partial charge in [-0.1, -0.05) is 33.6 Å². The van der Waals surface area contributed by atoms with Crippen molar-refractivity contribution < 1.29 is 0 Å². The Kier molecular flexibility index (Phi) is 3.76. The van der Waals surface area contributed by atoms with E-state index in [1.54, 1.807) is 6.20 Å². The Labute approximate surface area is 130 Å². The zero-order valence-corrected chi connectivity index (χ0v) is 13.2. The van der Waals surface area contributed by atoms with E-state index in [-0.39, 0.29) is 11.0 Å². The van der Waals surface area contributed by atoms with Crippen LogP contribution in [0.4, 0.5) is 5.69 Å². The molecule has 0 bridgehead atoms. The fourth-order valence-corrected chi connectivity index (χ4v) is 2.84. The van der Waals surface area contributed by atoms with Crippen molar-refractivity contribution in [2.45, 2.75) is 17.9 Å². The maximum Gasteiger partial charge on any atom is 0.138 e. The molecule has 0 fully saturated rings. The van der Waals surface area contributed by atoms with E-state index in [9.17, 15) is 0 Å². The van der Waals surface area contributed by atoms with E-state index in [4.69, 9.17) is 16.6 Å². The topological polar surface area (TPSA) is 28.5 Å². The van der Waals surface area contributed by atoms with Crippen LogP contribution in [0.3, 0.4) is 0 Å². The van der Waals surface area contributed by atoms with Crippen LogP contribution in [-0.4, -0.2) is 16.0 Å². The highest BCUT2D eigenvalue weighted by atomic mass is 79.9. The lowest BCUT2D eigenvalue weighted by molar-refractivity contribution is 0.663. The molecule has 0 radical (unpaired) electrons. The number of rotatable bonds is 2. The van der Waals surface area contributed by atoms with Crippen molar-refractivity contribution >= 4 is 39.4 Å². The van der Waals surface area contributed by atoms with Crippen LogP contribution in [0.5, 0.6) is 0 Å². The molecule has 20 heavy (non-hydrogen) atoms. The zero-order chi connectivity index (χ0) is 14.1. The van der Waals surface area contributed by atoms with Crippen LogP contribution in [0.15, 0.2) is 47.7 Å². The maximum atomic E-state index is 6.28. The third-order valence-electron chi connectivity index (χ3n) is 3.21. The number of anilines is 1. The molecule has 2 heterocycles. The molecular weight excluding hydrogens is 338 g/mol. The van der Waals surface area contributed by atoms with Crippen molar-refractivity contribution in [3.8, 4) is 0 Å². The van der Waals surface area contributed by atoms with Crippen LogP contribution in [0.25, 0.3) is 6.20 Å². The largest absolute Gasteiger partial charge is 0.322 e. The van der Waals surface area contributed by atoms with Gasteiger partial charge in [-0.3, -0.25) is 9.98 Å². The molecular formula is C15H13BrClN3. The van der Waals surface area contributed by atoms with E-state index in [0.717, 1.165) is 16.3 Å². The molecule has 1 aromatic heterocycles. The van der Waals surface area contributed by atoms with Crippen molar-refractivity contribution in [1.82, 2.24) is 4.98 Å². The van der Waals surface area contributed by atoms with E-state index in [1.165, 1.54) is 0 Å². The number of aromatic nitrogens is 1. The summed E-state index contributed by atoms with van der Waals surface area (Å²) in [4.78, 5) is 11.3. The Bertz CT molecular complexity index is 731. The molecule has 0 spiro atoms. The molecule has 5 heteroatoms. The minimum Gasteiger partial charge on any atom is -0.322 e. The standard InChI is InChI=1S/C15H13BrClN3/c1-10(16)15-19-14-6-2-5-13(17)12(14)9-20(15)11-4-3-7-18-8-11/h2-10,15H,1H3. The second kappa shape index (κ2) is 5.54. The van der Waals surface area contributed by atoms with Crippen LogP contribution in [0.1, 0.15) is 6.92 Å². The third-order valence-corrected chi connectivity index (χ3v) is 4.01. The molecule has 0 amide bonds. The molecule has 1 aromatic carbocycles. The fraction of sp³-hybridized carbons (Fsp3) is 0.200. The first-order valence-electron chi connectivity index (χ1n) is 6.33. The molecule has 0 saturated carbocycles. The van der Waals surface area contributed by atoms with Gasteiger partial charge in [0, 0.05) is 17.6 Å². The molecule has 0 aliphatic carbocycles. The first kappa shape index (κ1) is 13.6. The van der Waals surface area contributed by atoms with E-state index >= 15 is 0 Å². The normalized spacial score (nSPS) is 18.8. The van der Waals surface area contributed by atoms with Gasteiger partial charge in [-0.05, 0) is 31.2 Å². The predicted octanol–water partition coefficient (Wildman–Crippen LogP) is 2.72. The molecule has 0 saturated heterocycles. The fourth-order valence-electron chi connectivity index (χ4n) is 2.24. The molecule has 2 atom stereocenters. The molecule has 1 aliphatic heterocycles. The molecule has 1 aliphatic rings. The summed E-state index contributed by atoms with van der Waals surface area (Å²) in [7, 11) is 0. The maximum absolute atomic E-state index is 6.28. The molecule has 3 nitrogen and oxygen atoms in total. The minimum absolute atomic E-state index is 0.0230. The van der Waals surface area contributed by atoms with Gasteiger partial charge >= 0.3 is 0 Å². The minimum atomic E-state index is -0.0230. The summed E-state index contributed by atoms with van der Waals surface area (Å²) in [6.45, 7) is 2.08. The van der Waals surface area contributed by atoms with Gasteiger partial charge in [-0.2, -0.15) is 0 Å². The van der Waals surface area contributed by atoms with Crippen LogP contribution < -0.4 is 15.5 Å². The van der Waals surface area contributed by atoms with Gasteiger partial charge in [0.1, 0.15) is 6.17 Å². The Morgan fingerprint density at radius 3 is 2.85 bits per heavy atom. The van der Waals surface area contributed by atoms with Crippen LogP contribution in [0, 0.1) is 0 Å². The van der Waals surface area contributed by atoms with Gasteiger partial charge < -0.3 is 4.90 Å². The summed E-state index contributed by atoms with van der Waals surface area (Å²) in [6, 6.07) is 9.73. The van der Waals surface area contributed by atoms with Crippen molar-refractivity contribution in [2.75, 3.05) is 4.90 Å². The number of halogens is 2. The Morgan fingerprint density at radius 1 is 1.30 bits per heavy atom. The molecule has 0 N–H and O–H groups in total. The highest BCUT2D eigenvalue weighted by Crippen LogP contribution is 2.23. The van der Waals surface area contributed by atoms with Crippen molar-refractivity contribution in [2.24, 2.45) is 4.99 Å². The quantitative estimate of drug-likeness (QED) is 0.779. The van der Waals surface area contributed by atoms with E-state index in [2.05, 4.69) is 32.7 Å². The number of hydrogen-bond acceptors (Lipinski definition) is 3. The van der Waals surface area contributed by atoms with Crippen molar-refractivity contribution in [3.05, 3.63) is 58.3 Å². The molecule has 2 unspecified atom stereocenters. The average Bonchev–Trinajstić information content (AvgIpc) is 2.47. The van der Waals surface area contributed by atoms with Gasteiger partial charge in [0.25, 0.3) is 0 Å². The Hall–Kier alpha value is -1.39. The van der Waals surface area contributed by atoms with Crippen molar-refractivity contribution in [1.29, 1.82) is 0 Å². The number of fused-ring (bicyclic) bond motifs is 1. The molecule has 2 aromatic rings. The number of benzene rings is 1. The lowest BCUT2D eigenvalue weighted by Gasteiger charge is -2.31. The lowest BCUT2D eigenvalue weighted by atomic mass is 10.2. The molecule has 3 rings (SSSR count). The van der Waals surface area contributed by atoms with Crippen molar-refractivity contribution in [3.63, 3.8) is 0 Å².